The highest BCUT2D eigenvalue weighted by Crippen LogP contribution is 2.51. The summed E-state index contributed by atoms with van der Waals surface area (Å²) in [6.45, 7) is 0.822. The maximum absolute atomic E-state index is 12.9. The summed E-state index contributed by atoms with van der Waals surface area (Å²) in [4.78, 5) is 51.4. The molecule has 2 aliphatic carbocycles. The topological polar surface area (TPSA) is 205 Å². The Balaban J connectivity index is 0.000000204. The number of aryl methyl sites for hydroxylation is 2. The third-order valence-electron chi connectivity index (χ3n) is 12.3. The van der Waals surface area contributed by atoms with Crippen LogP contribution in [0.5, 0.6) is 46.0 Å². The summed E-state index contributed by atoms with van der Waals surface area (Å²) in [7, 11) is 12.4. The van der Waals surface area contributed by atoms with E-state index in [4.69, 9.17) is 43.6 Å². The molecule has 6 aromatic rings. The molecule has 16 heteroatoms. The molecule has 16 nitrogen and oxygen atoms in total. The Hall–Kier alpha value is -8.33. The van der Waals surface area contributed by atoms with Gasteiger partial charge in [-0.2, -0.15) is 0 Å². The van der Waals surface area contributed by atoms with E-state index in [2.05, 4.69) is 15.6 Å². The minimum Gasteiger partial charge on any atom is -0.493 e. The van der Waals surface area contributed by atoms with E-state index in [1.165, 1.54) is 26.4 Å². The highest BCUT2D eigenvalue weighted by atomic mass is 16.5. The molecule has 2 aliphatic rings. The average Bonchev–Trinajstić information content (AvgIpc) is 3.81. The lowest BCUT2D eigenvalue weighted by atomic mass is 9.95. The van der Waals surface area contributed by atoms with Crippen LogP contribution in [0.4, 0.5) is 4.79 Å². The Morgan fingerprint density at radius 3 is 1.50 bits per heavy atom. The first-order chi connectivity index (χ1) is 35.0. The number of nitrogens with one attached hydrogen (secondary N) is 2. The normalized spacial score (nSPS) is 13.7. The second-order valence-corrected chi connectivity index (χ2v) is 16.4. The van der Waals surface area contributed by atoms with Gasteiger partial charge in [-0.05, 0) is 107 Å². The number of urea groups is 1. The molecule has 0 spiro atoms. The van der Waals surface area contributed by atoms with Gasteiger partial charge in [0.2, 0.25) is 28.4 Å². The Bertz CT molecular complexity index is 3020. The Kier molecular flexibility index (Phi) is 18.8. The van der Waals surface area contributed by atoms with Crippen LogP contribution in [0.15, 0.2) is 124 Å². The summed E-state index contributed by atoms with van der Waals surface area (Å²) in [5.74, 6) is 3.65. The zero-order valence-electron chi connectivity index (χ0n) is 41.7. The molecule has 6 aromatic carbocycles. The second kappa shape index (κ2) is 25.5. The summed E-state index contributed by atoms with van der Waals surface area (Å²) >= 11 is 0. The van der Waals surface area contributed by atoms with Crippen LogP contribution in [-0.4, -0.2) is 69.0 Å². The van der Waals surface area contributed by atoms with E-state index in [1.54, 1.807) is 60.9 Å². The summed E-state index contributed by atoms with van der Waals surface area (Å²) in [6, 6.07) is 32.1. The molecular weight excluding hydrogens is 921 g/mol. The van der Waals surface area contributed by atoms with Crippen molar-refractivity contribution in [2.75, 3.05) is 56.9 Å². The van der Waals surface area contributed by atoms with Crippen molar-refractivity contribution in [1.82, 2.24) is 10.6 Å². The summed E-state index contributed by atoms with van der Waals surface area (Å²) < 4.78 is 44.1. The number of hydrogen-bond donors (Lipinski definition) is 3. The maximum atomic E-state index is 12.9. The van der Waals surface area contributed by atoms with Crippen LogP contribution in [0.25, 0.3) is 22.3 Å². The van der Waals surface area contributed by atoms with Crippen molar-refractivity contribution in [1.29, 1.82) is 0 Å². The number of nitrogens with zero attached hydrogens (tertiary/aromatic N) is 1. The third kappa shape index (κ3) is 12.2. The van der Waals surface area contributed by atoms with Gasteiger partial charge >= 0.3 is 6.03 Å². The molecule has 72 heavy (non-hydrogen) atoms. The Morgan fingerprint density at radius 2 is 1.03 bits per heavy atom. The number of carbonyl (C=O) groups excluding carboxylic acids is 2. The molecule has 0 aromatic heterocycles. The zero-order valence-corrected chi connectivity index (χ0v) is 41.7. The van der Waals surface area contributed by atoms with Gasteiger partial charge in [-0.15, -0.1) is 0 Å². The number of methoxy groups -OCH3 is 8. The maximum Gasteiger partial charge on any atom is 0.315 e. The van der Waals surface area contributed by atoms with Crippen molar-refractivity contribution in [3.8, 4) is 68.2 Å². The number of carbonyl (C=O) groups is 1. The second-order valence-electron chi connectivity index (χ2n) is 16.4. The fourth-order valence-corrected chi connectivity index (χ4v) is 8.81. The molecule has 0 bridgehead atoms. The first-order valence-corrected chi connectivity index (χ1v) is 23.0. The number of rotatable bonds is 13. The molecule has 0 radical (unpaired) electrons. The predicted molar refractivity (Wildman–Crippen MR) is 275 cm³/mol. The third-order valence-corrected chi connectivity index (χ3v) is 12.3. The van der Waals surface area contributed by atoms with Crippen LogP contribution in [0, 0.1) is 0 Å². The van der Waals surface area contributed by atoms with Crippen LogP contribution in [0.1, 0.15) is 58.3 Å². The minimum absolute atomic E-state index is 0.202. The molecule has 0 fully saturated rings. The first-order valence-electron chi connectivity index (χ1n) is 23.0. The van der Waals surface area contributed by atoms with Gasteiger partial charge in [0.25, 0.3) is 0 Å². The van der Waals surface area contributed by atoms with Crippen molar-refractivity contribution in [3.05, 3.63) is 163 Å². The van der Waals surface area contributed by atoms with Gasteiger partial charge in [0.15, 0.2) is 34.5 Å². The molecule has 376 valence electrons. The van der Waals surface area contributed by atoms with Crippen LogP contribution in [0.3, 0.4) is 0 Å². The van der Waals surface area contributed by atoms with E-state index >= 15 is 0 Å². The molecule has 2 amide bonds. The SMILES string of the molecule is COc1cc2c(c(OC)c1OC)-c1ccc(OC)c(=O)cc1C(N)CC2.COc1cc2c(c(OC)c1OC)-c1ccc(OC)c(=O)cc1C(NC(=O)NCc1ccccc1)CC2.O=C=NCc1ccccc1. The van der Waals surface area contributed by atoms with Crippen molar-refractivity contribution < 1.29 is 47.5 Å². The van der Waals surface area contributed by atoms with E-state index in [0.29, 0.717) is 72.4 Å². The fourth-order valence-electron chi connectivity index (χ4n) is 8.81. The molecule has 4 N–H and O–H groups in total. The summed E-state index contributed by atoms with van der Waals surface area (Å²) in [5, 5.41) is 5.97. The van der Waals surface area contributed by atoms with E-state index in [0.717, 1.165) is 56.5 Å². The van der Waals surface area contributed by atoms with E-state index < -0.39 is 6.04 Å². The van der Waals surface area contributed by atoms with Crippen molar-refractivity contribution >= 4 is 12.1 Å². The first kappa shape index (κ1) is 53.0. The van der Waals surface area contributed by atoms with Gasteiger partial charge in [0.05, 0.1) is 69.5 Å². The van der Waals surface area contributed by atoms with Crippen molar-refractivity contribution in [2.45, 2.75) is 50.9 Å². The molecule has 2 atom stereocenters. The van der Waals surface area contributed by atoms with Gasteiger partial charge in [0, 0.05) is 23.7 Å². The van der Waals surface area contributed by atoms with Crippen LogP contribution in [0.2, 0.25) is 0 Å². The number of fused-ring (bicyclic) bond motifs is 6. The lowest BCUT2D eigenvalue weighted by molar-refractivity contribution is 0.236. The van der Waals surface area contributed by atoms with Gasteiger partial charge in [-0.25, -0.2) is 14.6 Å². The highest BCUT2D eigenvalue weighted by molar-refractivity contribution is 5.84. The highest BCUT2D eigenvalue weighted by Gasteiger charge is 2.31. The van der Waals surface area contributed by atoms with E-state index in [-0.39, 0.29) is 34.4 Å². The van der Waals surface area contributed by atoms with Crippen molar-refractivity contribution in [3.63, 3.8) is 0 Å². The number of benzene rings is 4. The molecule has 2 unspecified atom stereocenters. The average molecular weight is 981 g/mol. The molecule has 0 saturated carbocycles. The van der Waals surface area contributed by atoms with Crippen LogP contribution < -0.4 is 65.1 Å². The fraction of sp³-hybridized carbons (Fsp3) is 0.286. The molecule has 0 saturated heterocycles. The Labute approximate surface area is 418 Å². The largest absolute Gasteiger partial charge is 0.493 e. The quantitative estimate of drug-likeness (QED) is 0.0735. The number of ether oxygens (including phenoxy) is 8. The summed E-state index contributed by atoms with van der Waals surface area (Å²) in [5.41, 5.74) is 14.6. The van der Waals surface area contributed by atoms with Gasteiger partial charge in [-0.3, -0.25) is 9.59 Å². The predicted octanol–water partition coefficient (Wildman–Crippen LogP) is 8.45. The number of amides is 2. The van der Waals surface area contributed by atoms with Gasteiger partial charge in [0.1, 0.15) is 0 Å². The lowest BCUT2D eigenvalue weighted by Gasteiger charge is -2.20. The number of isocyanates is 1. The molecule has 8 rings (SSSR count). The molecule has 0 aliphatic heterocycles. The smallest absolute Gasteiger partial charge is 0.315 e. The summed E-state index contributed by atoms with van der Waals surface area (Å²) in [6.07, 6.45) is 4.09. The van der Waals surface area contributed by atoms with E-state index in [1.807, 2.05) is 84.9 Å². The Morgan fingerprint density at radius 1 is 0.569 bits per heavy atom. The lowest BCUT2D eigenvalue weighted by Crippen LogP contribution is -2.37. The monoisotopic (exact) mass is 980 g/mol. The van der Waals surface area contributed by atoms with Gasteiger partial charge in [-0.1, -0.05) is 72.8 Å². The van der Waals surface area contributed by atoms with Crippen LogP contribution >= 0.6 is 0 Å². The minimum atomic E-state index is -0.435. The number of nitrogens with two attached hydrogens (primary N) is 1. The molecular formula is C56H60N4O12. The standard InChI is InChI=1S/C28H30N2O6.C20H23NO5.C8H7NO/c1-33-23-13-11-19-20(15-22(23)31)21(30-28(32)29-16-17-8-6-5-7-9-17)12-10-18-14-24(34-2)26(35-3)27(36-4)25(18)19;1-23-16-8-6-12-13(10-15(16)22)14(21)7-5-11-9-17(24-2)19(25-3)20(26-4)18(11)12;10-7-9-6-8-4-2-1-3-5-8/h5-9,11,13-15,21H,10,12,16H2,1-4H3,(H2,29,30,32);6,8-10,14H,5,7,21H2,1-4H3;1-5H,6H2. The number of aliphatic imine (C=N–C) groups is 1. The number of hydrogen-bond acceptors (Lipinski definition) is 14. The zero-order chi connectivity index (χ0) is 51.7. The van der Waals surface area contributed by atoms with Gasteiger partial charge < -0.3 is 54.3 Å². The molecule has 0 heterocycles. The van der Waals surface area contributed by atoms with Crippen LogP contribution in [-0.2, 0) is 30.7 Å². The van der Waals surface area contributed by atoms with E-state index in [9.17, 15) is 19.2 Å². The van der Waals surface area contributed by atoms with Crippen molar-refractivity contribution in [2.24, 2.45) is 10.7 Å².